The highest BCUT2D eigenvalue weighted by Crippen LogP contribution is 2.52. The quantitative estimate of drug-likeness (QED) is 0.427. The molecular formula is C23H19ClN2O3. The van der Waals surface area contributed by atoms with Crippen LogP contribution in [0.2, 0.25) is 5.02 Å². The molecule has 2 fully saturated rings. The van der Waals surface area contributed by atoms with E-state index in [1.807, 2.05) is 48.5 Å². The number of imide groups is 1. The first kappa shape index (κ1) is 18.1. The van der Waals surface area contributed by atoms with Gasteiger partial charge in [-0.15, -0.1) is 0 Å². The van der Waals surface area contributed by atoms with Gasteiger partial charge in [0.1, 0.15) is 12.4 Å². The number of hydrogen-bond acceptors (Lipinski definition) is 4. The van der Waals surface area contributed by atoms with Crippen molar-refractivity contribution < 1.29 is 14.3 Å². The van der Waals surface area contributed by atoms with Crippen molar-refractivity contribution in [3.05, 3.63) is 76.8 Å². The molecule has 1 saturated carbocycles. The maximum absolute atomic E-state index is 12.7. The van der Waals surface area contributed by atoms with Gasteiger partial charge in [-0.3, -0.25) is 9.59 Å². The molecule has 3 aliphatic rings. The normalized spacial score (nSPS) is 27.3. The second-order valence-corrected chi connectivity index (χ2v) is 8.16. The molecule has 2 aromatic carbocycles. The van der Waals surface area contributed by atoms with Crippen molar-refractivity contribution in [2.45, 2.75) is 13.0 Å². The predicted octanol–water partition coefficient (Wildman–Crippen LogP) is 4.06. The van der Waals surface area contributed by atoms with E-state index < -0.39 is 0 Å². The van der Waals surface area contributed by atoms with Crippen LogP contribution in [0.3, 0.4) is 0 Å². The smallest absolute Gasteiger partial charge is 0.254 e. The third-order valence-corrected chi connectivity index (χ3v) is 6.20. The number of amides is 2. The summed E-state index contributed by atoms with van der Waals surface area (Å²) in [6.45, 7) is 0.417. The van der Waals surface area contributed by atoms with Crippen LogP contribution in [-0.2, 0) is 16.2 Å². The van der Waals surface area contributed by atoms with Crippen LogP contribution in [0.25, 0.3) is 0 Å². The molecule has 1 saturated heterocycles. The fraction of sp³-hybridized carbons (Fsp3) is 0.261. The predicted molar refractivity (Wildman–Crippen MR) is 109 cm³/mol. The average Bonchev–Trinajstić information content (AvgIpc) is 3.41. The molecule has 0 aromatic heterocycles. The number of rotatable bonds is 5. The highest BCUT2D eigenvalue weighted by molar-refractivity contribution is 6.30. The molecule has 4 atom stereocenters. The highest BCUT2D eigenvalue weighted by Gasteiger charge is 2.59. The molecule has 2 aromatic rings. The number of nitrogens with zero attached hydrogens (tertiary/aromatic N) is 2. The van der Waals surface area contributed by atoms with E-state index in [1.54, 1.807) is 6.21 Å². The summed E-state index contributed by atoms with van der Waals surface area (Å²) in [4.78, 5) is 25.4. The van der Waals surface area contributed by atoms with Gasteiger partial charge in [-0.2, -0.15) is 10.1 Å². The number of carbonyl (C=O) groups is 2. The van der Waals surface area contributed by atoms with E-state index in [-0.39, 0.29) is 35.5 Å². The van der Waals surface area contributed by atoms with Crippen LogP contribution in [0.15, 0.2) is 65.8 Å². The molecule has 2 aliphatic carbocycles. The van der Waals surface area contributed by atoms with E-state index in [4.69, 9.17) is 16.3 Å². The lowest BCUT2D eigenvalue weighted by Crippen LogP contribution is -2.28. The van der Waals surface area contributed by atoms with Gasteiger partial charge in [-0.25, -0.2) is 0 Å². The molecule has 2 bridgehead atoms. The Hall–Kier alpha value is -2.92. The van der Waals surface area contributed by atoms with Gasteiger partial charge < -0.3 is 4.74 Å². The molecule has 0 unspecified atom stereocenters. The number of ether oxygens (including phenoxy) is 1. The Labute approximate surface area is 173 Å². The van der Waals surface area contributed by atoms with Gasteiger partial charge in [0.25, 0.3) is 11.8 Å². The van der Waals surface area contributed by atoms with Crippen LogP contribution in [0.4, 0.5) is 0 Å². The number of hydrazone groups is 1. The zero-order valence-corrected chi connectivity index (χ0v) is 16.3. The Morgan fingerprint density at radius 3 is 2.41 bits per heavy atom. The number of allylic oxidation sites excluding steroid dienone is 2. The molecule has 1 aliphatic heterocycles. The number of halogens is 1. The van der Waals surface area contributed by atoms with Crippen molar-refractivity contribution in [3.8, 4) is 5.75 Å². The Kier molecular flexibility index (Phi) is 4.47. The van der Waals surface area contributed by atoms with E-state index in [0.29, 0.717) is 17.4 Å². The molecule has 2 amide bonds. The van der Waals surface area contributed by atoms with Gasteiger partial charge in [-0.05, 0) is 53.6 Å². The van der Waals surface area contributed by atoms with Crippen LogP contribution < -0.4 is 4.74 Å². The largest absolute Gasteiger partial charge is 0.489 e. The summed E-state index contributed by atoms with van der Waals surface area (Å²) < 4.78 is 5.82. The van der Waals surface area contributed by atoms with Crippen LogP contribution in [0.5, 0.6) is 5.75 Å². The molecule has 6 heteroatoms. The second-order valence-electron chi connectivity index (χ2n) is 7.72. The second kappa shape index (κ2) is 7.16. The lowest BCUT2D eigenvalue weighted by atomic mass is 9.85. The highest BCUT2D eigenvalue weighted by atomic mass is 35.5. The summed E-state index contributed by atoms with van der Waals surface area (Å²) in [6.07, 6.45) is 6.61. The standard InChI is InChI=1S/C23H19ClN2O3/c24-18-8-4-14(5-9-18)13-29-19-3-1-2-15(10-19)12-25-26-22(27)20-16-6-7-17(11-16)21(20)23(26)28/h1-10,12,16-17,20-21H,11,13H2/b25-12-/t16-,17-,20+,21+/m0/s1. The molecule has 5 rings (SSSR count). The van der Waals surface area contributed by atoms with Crippen LogP contribution in [-0.4, -0.2) is 23.0 Å². The lowest BCUT2D eigenvalue weighted by molar-refractivity contribution is -0.140. The third kappa shape index (κ3) is 3.25. The molecule has 0 N–H and O–H groups in total. The molecule has 0 radical (unpaired) electrons. The maximum Gasteiger partial charge on any atom is 0.254 e. The Morgan fingerprint density at radius 2 is 1.72 bits per heavy atom. The first-order valence-electron chi connectivity index (χ1n) is 9.67. The van der Waals surface area contributed by atoms with E-state index in [1.165, 1.54) is 0 Å². The van der Waals surface area contributed by atoms with E-state index in [2.05, 4.69) is 17.3 Å². The molecule has 5 nitrogen and oxygen atoms in total. The maximum atomic E-state index is 12.7. The molecule has 29 heavy (non-hydrogen) atoms. The number of hydrogen-bond donors (Lipinski definition) is 0. The Balaban J connectivity index is 1.27. The molecule has 146 valence electrons. The van der Waals surface area contributed by atoms with Crippen LogP contribution in [0, 0.1) is 23.7 Å². The first-order chi connectivity index (χ1) is 14.1. The van der Waals surface area contributed by atoms with Crippen molar-refractivity contribution in [3.63, 3.8) is 0 Å². The molecule has 0 spiro atoms. The summed E-state index contributed by atoms with van der Waals surface area (Å²) in [5.74, 6) is 0.235. The SMILES string of the molecule is O=C1[C@H]2[C@H](C(=O)N1/N=C\c1cccc(OCc3ccc(Cl)cc3)c1)[C@H]1C=C[C@H]2C1. The van der Waals surface area contributed by atoms with E-state index >= 15 is 0 Å². The van der Waals surface area contributed by atoms with Gasteiger partial charge in [0.15, 0.2) is 0 Å². The van der Waals surface area contributed by atoms with Gasteiger partial charge in [0.05, 0.1) is 18.1 Å². The zero-order valence-electron chi connectivity index (χ0n) is 15.6. The van der Waals surface area contributed by atoms with Crippen molar-refractivity contribution in [2.24, 2.45) is 28.8 Å². The number of carbonyl (C=O) groups excluding carboxylic acids is 2. The minimum atomic E-state index is -0.233. The number of benzene rings is 2. The van der Waals surface area contributed by atoms with Gasteiger partial charge >= 0.3 is 0 Å². The topological polar surface area (TPSA) is 59.0 Å². The van der Waals surface area contributed by atoms with Crippen LogP contribution >= 0.6 is 11.6 Å². The Bertz CT molecular complexity index is 1000. The van der Waals surface area contributed by atoms with Crippen LogP contribution in [0.1, 0.15) is 17.5 Å². The average molecular weight is 407 g/mol. The van der Waals surface area contributed by atoms with E-state index in [9.17, 15) is 9.59 Å². The molecular weight excluding hydrogens is 388 g/mol. The first-order valence-corrected chi connectivity index (χ1v) is 10.1. The van der Waals surface area contributed by atoms with Gasteiger partial charge in [0.2, 0.25) is 0 Å². The van der Waals surface area contributed by atoms with Crippen molar-refractivity contribution >= 4 is 29.6 Å². The Morgan fingerprint density at radius 1 is 1.03 bits per heavy atom. The van der Waals surface area contributed by atoms with Gasteiger partial charge in [-0.1, -0.05) is 48.0 Å². The minimum Gasteiger partial charge on any atom is -0.489 e. The summed E-state index contributed by atoms with van der Waals surface area (Å²) in [5.41, 5.74) is 1.77. The summed E-state index contributed by atoms with van der Waals surface area (Å²) in [5, 5.41) is 5.96. The summed E-state index contributed by atoms with van der Waals surface area (Å²) >= 11 is 5.90. The van der Waals surface area contributed by atoms with Gasteiger partial charge in [0, 0.05) is 5.02 Å². The third-order valence-electron chi connectivity index (χ3n) is 5.95. The zero-order chi connectivity index (χ0) is 20.0. The van der Waals surface area contributed by atoms with Crippen molar-refractivity contribution in [2.75, 3.05) is 0 Å². The number of fused-ring (bicyclic) bond motifs is 5. The summed E-state index contributed by atoms with van der Waals surface area (Å²) in [7, 11) is 0. The van der Waals surface area contributed by atoms with Crippen molar-refractivity contribution in [1.29, 1.82) is 0 Å². The lowest BCUT2D eigenvalue weighted by Gasteiger charge is -2.13. The summed E-state index contributed by atoms with van der Waals surface area (Å²) in [6, 6.07) is 14.9. The fourth-order valence-electron chi connectivity index (χ4n) is 4.56. The minimum absolute atomic E-state index is 0.178. The monoisotopic (exact) mass is 406 g/mol. The fourth-order valence-corrected chi connectivity index (χ4v) is 4.68. The van der Waals surface area contributed by atoms with E-state index in [0.717, 1.165) is 22.6 Å². The van der Waals surface area contributed by atoms with Crippen molar-refractivity contribution in [1.82, 2.24) is 5.01 Å². The molecule has 1 heterocycles.